The van der Waals surface area contributed by atoms with Gasteiger partial charge < -0.3 is 0 Å². The molecule has 2 aromatic rings. The van der Waals surface area contributed by atoms with Crippen molar-refractivity contribution >= 4 is 0 Å². The number of likely N-dealkylation sites (tertiary alicyclic amines) is 1. The van der Waals surface area contributed by atoms with Crippen LogP contribution in [-0.2, 0) is 27.1 Å². The highest BCUT2D eigenvalue weighted by atomic mass is 16.2. The van der Waals surface area contributed by atoms with Crippen molar-refractivity contribution in [1.29, 1.82) is 0 Å². The SMILES string of the molecule is Cn1c(CN2CCCCC2Cc2ccccc2)cc(=O)n(C)c1=O. The molecule has 0 radical (unpaired) electrons. The van der Waals surface area contributed by atoms with Gasteiger partial charge in [0.15, 0.2) is 0 Å². The molecule has 1 aliphatic heterocycles. The summed E-state index contributed by atoms with van der Waals surface area (Å²) in [6.45, 7) is 1.67. The summed E-state index contributed by atoms with van der Waals surface area (Å²) in [6, 6.07) is 12.6. The van der Waals surface area contributed by atoms with Crippen molar-refractivity contribution in [2.75, 3.05) is 6.54 Å². The summed E-state index contributed by atoms with van der Waals surface area (Å²) >= 11 is 0. The Hall–Kier alpha value is -2.14. The van der Waals surface area contributed by atoms with Crippen LogP contribution < -0.4 is 11.2 Å². The zero-order valence-electron chi connectivity index (χ0n) is 14.4. The Balaban J connectivity index is 1.82. The van der Waals surface area contributed by atoms with Crippen molar-refractivity contribution in [3.8, 4) is 0 Å². The fraction of sp³-hybridized carbons (Fsp3) is 0.474. The fourth-order valence-electron chi connectivity index (χ4n) is 3.52. The van der Waals surface area contributed by atoms with Gasteiger partial charge in [-0.3, -0.25) is 18.8 Å². The van der Waals surface area contributed by atoms with E-state index in [1.54, 1.807) is 17.7 Å². The molecule has 1 saturated heterocycles. The first kappa shape index (κ1) is 16.7. The molecule has 0 saturated carbocycles. The highest BCUT2D eigenvalue weighted by molar-refractivity contribution is 5.16. The molecule has 1 aliphatic rings. The van der Waals surface area contributed by atoms with Crippen molar-refractivity contribution in [3.63, 3.8) is 0 Å². The molecule has 0 spiro atoms. The third kappa shape index (κ3) is 3.51. The van der Waals surface area contributed by atoms with Gasteiger partial charge in [0.05, 0.1) is 0 Å². The van der Waals surface area contributed by atoms with E-state index in [0.29, 0.717) is 12.6 Å². The van der Waals surface area contributed by atoms with Crippen LogP contribution >= 0.6 is 0 Å². The number of nitrogens with zero attached hydrogens (tertiary/aromatic N) is 3. The second-order valence-corrected chi connectivity index (χ2v) is 6.68. The van der Waals surface area contributed by atoms with Crippen molar-refractivity contribution in [1.82, 2.24) is 14.0 Å². The molecule has 2 heterocycles. The molecular weight excluding hydrogens is 302 g/mol. The molecule has 1 fully saturated rings. The van der Waals surface area contributed by atoms with Gasteiger partial charge in [0.2, 0.25) is 0 Å². The molecule has 3 rings (SSSR count). The number of aromatic nitrogens is 2. The third-order valence-electron chi connectivity index (χ3n) is 5.05. The normalized spacial score (nSPS) is 18.7. The topological polar surface area (TPSA) is 47.2 Å². The van der Waals surface area contributed by atoms with Crippen LogP contribution in [0, 0.1) is 0 Å². The molecular formula is C19H25N3O2. The van der Waals surface area contributed by atoms with Crippen LogP contribution in [0.2, 0.25) is 0 Å². The Morgan fingerprint density at radius 3 is 2.54 bits per heavy atom. The van der Waals surface area contributed by atoms with E-state index in [1.165, 1.54) is 25.5 Å². The maximum atomic E-state index is 12.1. The van der Waals surface area contributed by atoms with Crippen LogP contribution in [0.1, 0.15) is 30.5 Å². The minimum atomic E-state index is -0.255. The molecule has 5 heteroatoms. The number of piperidine rings is 1. The summed E-state index contributed by atoms with van der Waals surface area (Å²) in [5.74, 6) is 0. The maximum absolute atomic E-state index is 12.1. The van der Waals surface area contributed by atoms with E-state index in [4.69, 9.17) is 0 Å². The third-order valence-corrected chi connectivity index (χ3v) is 5.05. The first-order valence-electron chi connectivity index (χ1n) is 8.60. The van der Waals surface area contributed by atoms with E-state index in [-0.39, 0.29) is 11.2 Å². The fourth-order valence-corrected chi connectivity index (χ4v) is 3.52. The summed E-state index contributed by atoms with van der Waals surface area (Å²) in [5.41, 5.74) is 1.65. The van der Waals surface area contributed by atoms with Gasteiger partial charge in [-0.2, -0.15) is 0 Å². The summed E-state index contributed by atoms with van der Waals surface area (Å²) < 4.78 is 2.75. The van der Waals surface area contributed by atoms with E-state index in [1.807, 2.05) is 6.07 Å². The lowest BCUT2D eigenvalue weighted by Gasteiger charge is -2.36. The van der Waals surface area contributed by atoms with E-state index < -0.39 is 0 Å². The standard InChI is InChI=1S/C19H25N3O2/c1-20-17(13-18(23)21(2)19(20)24)14-22-11-7-6-10-16(22)12-15-8-4-3-5-9-15/h3-5,8-9,13,16H,6-7,10-12,14H2,1-2H3. The first-order valence-corrected chi connectivity index (χ1v) is 8.60. The molecule has 1 aromatic heterocycles. The average Bonchev–Trinajstić information content (AvgIpc) is 2.60. The van der Waals surface area contributed by atoms with Gasteiger partial charge in [0, 0.05) is 38.4 Å². The molecule has 0 N–H and O–H groups in total. The van der Waals surface area contributed by atoms with Gasteiger partial charge >= 0.3 is 5.69 Å². The zero-order chi connectivity index (χ0) is 17.1. The lowest BCUT2D eigenvalue weighted by molar-refractivity contribution is 0.135. The summed E-state index contributed by atoms with van der Waals surface area (Å²) in [6.07, 6.45) is 4.58. The molecule has 5 nitrogen and oxygen atoms in total. The van der Waals surface area contributed by atoms with E-state index >= 15 is 0 Å². The number of hydrogen-bond acceptors (Lipinski definition) is 3. The average molecular weight is 327 g/mol. The molecule has 1 atom stereocenters. The minimum absolute atomic E-state index is 0.232. The number of hydrogen-bond donors (Lipinski definition) is 0. The Morgan fingerprint density at radius 2 is 1.79 bits per heavy atom. The monoisotopic (exact) mass is 327 g/mol. The molecule has 24 heavy (non-hydrogen) atoms. The Bertz CT molecular complexity index is 808. The van der Waals surface area contributed by atoms with Gasteiger partial charge in [-0.25, -0.2) is 4.79 Å². The van der Waals surface area contributed by atoms with Crippen LogP contribution in [0.25, 0.3) is 0 Å². The van der Waals surface area contributed by atoms with E-state index in [0.717, 1.165) is 29.6 Å². The largest absolute Gasteiger partial charge is 0.330 e. The van der Waals surface area contributed by atoms with Crippen LogP contribution in [0.15, 0.2) is 46.0 Å². The Morgan fingerprint density at radius 1 is 1.04 bits per heavy atom. The van der Waals surface area contributed by atoms with Crippen molar-refractivity contribution in [3.05, 3.63) is 68.5 Å². The van der Waals surface area contributed by atoms with E-state index in [2.05, 4.69) is 29.2 Å². The van der Waals surface area contributed by atoms with Gasteiger partial charge in [-0.05, 0) is 31.4 Å². The van der Waals surface area contributed by atoms with Gasteiger partial charge in [0.25, 0.3) is 5.56 Å². The van der Waals surface area contributed by atoms with Gasteiger partial charge in [-0.15, -0.1) is 0 Å². The zero-order valence-corrected chi connectivity index (χ0v) is 14.4. The quantitative estimate of drug-likeness (QED) is 0.858. The van der Waals surface area contributed by atoms with Crippen LogP contribution in [-0.4, -0.2) is 26.6 Å². The van der Waals surface area contributed by atoms with Crippen LogP contribution in [0.4, 0.5) is 0 Å². The van der Waals surface area contributed by atoms with E-state index in [9.17, 15) is 9.59 Å². The Labute approximate surface area is 142 Å². The smallest absolute Gasteiger partial charge is 0.299 e. The van der Waals surface area contributed by atoms with Gasteiger partial charge in [-0.1, -0.05) is 36.8 Å². The predicted octanol–water partition coefficient (Wildman–Crippen LogP) is 1.68. The molecule has 128 valence electrons. The molecule has 1 unspecified atom stereocenters. The first-order chi connectivity index (χ1) is 11.6. The Kier molecular flexibility index (Phi) is 5.00. The molecule has 0 amide bonds. The summed E-state index contributed by atoms with van der Waals surface area (Å²) in [4.78, 5) is 26.5. The molecule has 1 aromatic carbocycles. The predicted molar refractivity (Wildman–Crippen MR) is 95.1 cm³/mol. The highest BCUT2D eigenvalue weighted by Crippen LogP contribution is 2.22. The second-order valence-electron chi connectivity index (χ2n) is 6.68. The lowest BCUT2D eigenvalue weighted by Crippen LogP contribution is -2.43. The highest BCUT2D eigenvalue weighted by Gasteiger charge is 2.23. The minimum Gasteiger partial charge on any atom is -0.299 e. The van der Waals surface area contributed by atoms with Crippen LogP contribution in [0.5, 0.6) is 0 Å². The number of benzene rings is 1. The van der Waals surface area contributed by atoms with Crippen molar-refractivity contribution in [2.24, 2.45) is 14.1 Å². The van der Waals surface area contributed by atoms with Crippen molar-refractivity contribution in [2.45, 2.75) is 38.3 Å². The lowest BCUT2D eigenvalue weighted by atomic mass is 9.95. The van der Waals surface area contributed by atoms with Gasteiger partial charge in [0.1, 0.15) is 0 Å². The second kappa shape index (κ2) is 7.18. The molecule has 0 bridgehead atoms. The summed E-state index contributed by atoms with van der Waals surface area (Å²) in [7, 11) is 3.26. The molecule has 0 aliphatic carbocycles. The summed E-state index contributed by atoms with van der Waals surface area (Å²) in [5, 5.41) is 0. The van der Waals surface area contributed by atoms with Crippen LogP contribution in [0.3, 0.4) is 0 Å². The maximum Gasteiger partial charge on any atom is 0.330 e. The van der Waals surface area contributed by atoms with Crippen molar-refractivity contribution < 1.29 is 0 Å². The number of rotatable bonds is 4.